The third kappa shape index (κ3) is 4.23. The highest BCUT2D eigenvalue weighted by Gasteiger charge is 2.31. The predicted octanol–water partition coefficient (Wildman–Crippen LogP) is 4.61. The molecule has 0 saturated heterocycles. The van der Waals surface area contributed by atoms with Gasteiger partial charge in [0.1, 0.15) is 12.4 Å². The molecule has 1 aromatic heterocycles. The van der Waals surface area contributed by atoms with Crippen LogP contribution >= 0.6 is 0 Å². The number of rotatable bonds is 4. The van der Waals surface area contributed by atoms with Gasteiger partial charge in [0, 0.05) is 5.56 Å². The van der Waals surface area contributed by atoms with E-state index in [-0.39, 0.29) is 17.3 Å². The Hall–Kier alpha value is -3.35. The minimum Gasteiger partial charge on any atom is -0.475 e. The van der Waals surface area contributed by atoms with Crippen LogP contribution in [-0.4, -0.2) is 33.7 Å². The number of aliphatic imine (C=N–C) groups is 1. The van der Waals surface area contributed by atoms with Crippen LogP contribution in [0.25, 0.3) is 11.3 Å². The first-order chi connectivity index (χ1) is 13.9. The molecule has 1 N–H and O–H groups in total. The van der Waals surface area contributed by atoms with Crippen molar-refractivity contribution in [2.45, 2.75) is 26.8 Å². The molecule has 0 fully saturated rings. The molecular weight excluding hydrogens is 369 g/mol. The molecule has 4 rings (SSSR count). The fourth-order valence-electron chi connectivity index (χ4n) is 2.99. The van der Waals surface area contributed by atoms with Crippen molar-refractivity contribution >= 4 is 17.5 Å². The minimum absolute atomic E-state index is 0.00735. The highest BCUT2D eigenvalue weighted by molar-refractivity contribution is 6.01. The van der Waals surface area contributed by atoms with Crippen LogP contribution in [0.5, 0.6) is 0 Å². The van der Waals surface area contributed by atoms with Crippen LogP contribution in [0.2, 0.25) is 0 Å². The third-order valence-electron chi connectivity index (χ3n) is 4.74. The van der Waals surface area contributed by atoms with E-state index in [0.29, 0.717) is 35.4 Å². The quantitative estimate of drug-likeness (QED) is 0.703. The highest BCUT2D eigenvalue weighted by Crippen LogP contribution is 2.30. The maximum atomic E-state index is 14.0. The van der Waals surface area contributed by atoms with E-state index in [0.717, 1.165) is 5.56 Å². The lowest BCUT2D eigenvalue weighted by molar-refractivity contribution is 0.236. The molecule has 1 atom stereocenters. The average Bonchev–Trinajstić information content (AvgIpc) is 3.21. The average molecular weight is 391 g/mol. The monoisotopic (exact) mass is 391 g/mol. The van der Waals surface area contributed by atoms with E-state index < -0.39 is 0 Å². The van der Waals surface area contributed by atoms with Crippen molar-refractivity contribution in [3.63, 3.8) is 0 Å². The molecule has 0 spiro atoms. The van der Waals surface area contributed by atoms with Gasteiger partial charge >= 0.3 is 0 Å². The van der Waals surface area contributed by atoms with Crippen molar-refractivity contribution in [3.05, 3.63) is 66.1 Å². The number of benzene rings is 2. The second kappa shape index (κ2) is 7.58. The normalized spacial score (nSPS) is 16.3. The highest BCUT2D eigenvalue weighted by atomic mass is 19.1. The summed E-state index contributed by atoms with van der Waals surface area (Å²) in [4.78, 5) is 9.19. The summed E-state index contributed by atoms with van der Waals surface area (Å²) < 4.78 is 19.8. The first kappa shape index (κ1) is 19.0. The van der Waals surface area contributed by atoms with Gasteiger partial charge in [-0.1, -0.05) is 51.1 Å². The van der Waals surface area contributed by atoms with Crippen LogP contribution in [0.15, 0.2) is 59.7 Å². The number of nitrogens with zero attached hydrogens (tertiary/aromatic N) is 4. The molecule has 0 aliphatic carbocycles. The Labute approximate surface area is 168 Å². The molecule has 2 heterocycles. The van der Waals surface area contributed by atoms with E-state index in [1.165, 1.54) is 12.1 Å². The Balaban J connectivity index is 1.66. The second-order valence-electron chi connectivity index (χ2n) is 7.97. The lowest BCUT2D eigenvalue weighted by Gasteiger charge is -2.21. The summed E-state index contributed by atoms with van der Waals surface area (Å²) in [6, 6.07) is 14.1. The Morgan fingerprint density at radius 1 is 1.10 bits per heavy atom. The summed E-state index contributed by atoms with van der Waals surface area (Å²) in [6.45, 7) is 6.78. The standard InChI is InChI=1S/C22H22FN5O/c1-22(2,3)19-13-29-20(27-19)16-11-15(23)9-10-17(16)25-21-26-18(12-24-28-21)14-7-5-4-6-8-14/h4-12,19H,13H2,1-3H3,(H,25,26,28)/t19-/m1/s1. The van der Waals surface area contributed by atoms with Crippen molar-refractivity contribution in [2.24, 2.45) is 10.4 Å². The zero-order chi connectivity index (χ0) is 20.4. The predicted molar refractivity (Wildman–Crippen MR) is 111 cm³/mol. The number of hydrogen-bond donors (Lipinski definition) is 1. The fourth-order valence-corrected chi connectivity index (χ4v) is 2.99. The summed E-state index contributed by atoms with van der Waals surface area (Å²) in [5, 5.41) is 11.2. The van der Waals surface area contributed by atoms with Crippen molar-refractivity contribution in [1.29, 1.82) is 0 Å². The molecule has 7 heteroatoms. The van der Waals surface area contributed by atoms with E-state index in [9.17, 15) is 4.39 Å². The maximum absolute atomic E-state index is 14.0. The molecule has 0 unspecified atom stereocenters. The van der Waals surface area contributed by atoms with Gasteiger partial charge in [-0.25, -0.2) is 14.4 Å². The molecule has 148 valence electrons. The van der Waals surface area contributed by atoms with Gasteiger partial charge in [-0.3, -0.25) is 0 Å². The number of anilines is 2. The lowest BCUT2D eigenvalue weighted by atomic mass is 9.88. The van der Waals surface area contributed by atoms with E-state index >= 15 is 0 Å². The first-order valence-corrected chi connectivity index (χ1v) is 9.43. The molecule has 3 aromatic rings. The van der Waals surface area contributed by atoms with Crippen LogP contribution in [0.1, 0.15) is 26.3 Å². The number of nitrogens with one attached hydrogen (secondary N) is 1. The van der Waals surface area contributed by atoms with Gasteiger partial charge in [0.15, 0.2) is 0 Å². The maximum Gasteiger partial charge on any atom is 0.247 e. The molecular formula is C22H22FN5O. The van der Waals surface area contributed by atoms with E-state index in [1.54, 1.807) is 12.3 Å². The van der Waals surface area contributed by atoms with Gasteiger partial charge < -0.3 is 10.1 Å². The zero-order valence-corrected chi connectivity index (χ0v) is 16.6. The summed E-state index contributed by atoms with van der Waals surface area (Å²) >= 11 is 0. The van der Waals surface area contributed by atoms with Crippen molar-refractivity contribution in [1.82, 2.24) is 15.2 Å². The van der Waals surface area contributed by atoms with E-state index in [1.807, 2.05) is 30.3 Å². The molecule has 2 aromatic carbocycles. The Morgan fingerprint density at radius 3 is 2.62 bits per heavy atom. The molecule has 0 radical (unpaired) electrons. The molecule has 0 bridgehead atoms. The Kier molecular flexibility index (Phi) is 4.96. The van der Waals surface area contributed by atoms with Crippen molar-refractivity contribution in [2.75, 3.05) is 11.9 Å². The molecule has 1 aliphatic rings. The molecule has 29 heavy (non-hydrogen) atoms. The molecule has 0 saturated carbocycles. The zero-order valence-electron chi connectivity index (χ0n) is 16.6. The van der Waals surface area contributed by atoms with Crippen LogP contribution in [-0.2, 0) is 4.74 Å². The van der Waals surface area contributed by atoms with Gasteiger partial charge in [0.25, 0.3) is 0 Å². The van der Waals surface area contributed by atoms with Crippen LogP contribution in [0, 0.1) is 11.2 Å². The van der Waals surface area contributed by atoms with E-state index in [2.05, 4.69) is 46.3 Å². The number of aromatic nitrogens is 3. The summed E-state index contributed by atoms with van der Waals surface area (Å²) in [7, 11) is 0. The van der Waals surface area contributed by atoms with Crippen LogP contribution in [0.3, 0.4) is 0 Å². The summed E-state index contributed by atoms with van der Waals surface area (Å²) in [5.74, 6) is 0.359. The lowest BCUT2D eigenvalue weighted by Crippen LogP contribution is -2.25. The third-order valence-corrected chi connectivity index (χ3v) is 4.74. The topological polar surface area (TPSA) is 72.3 Å². The number of halogens is 1. The Bertz CT molecular complexity index is 1050. The van der Waals surface area contributed by atoms with Gasteiger partial charge in [0.05, 0.1) is 29.2 Å². The SMILES string of the molecule is CC(C)(C)[C@H]1COC(c2cc(F)ccc2Nc2nncc(-c3ccccc3)n2)=N1. The van der Waals surface area contributed by atoms with Crippen LogP contribution < -0.4 is 5.32 Å². The summed E-state index contributed by atoms with van der Waals surface area (Å²) in [6.07, 6.45) is 1.60. The van der Waals surface area contributed by atoms with Gasteiger partial charge in [-0.15, -0.1) is 5.10 Å². The summed E-state index contributed by atoms with van der Waals surface area (Å²) in [5.41, 5.74) is 2.71. The van der Waals surface area contributed by atoms with Crippen molar-refractivity contribution in [3.8, 4) is 11.3 Å². The van der Waals surface area contributed by atoms with Gasteiger partial charge in [0.2, 0.25) is 11.8 Å². The number of hydrogen-bond acceptors (Lipinski definition) is 6. The van der Waals surface area contributed by atoms with Gasteiger partial charge in [-0.05, 0) is 23.6 Å². The van der Waals surface area contributed by atoms with Crippen molar-refractivity contribution < 1.29 is 9.13 Å². The van der Waals surface area contributed by atoms with Gasteiger partial charge in [-0.2, -0.15) is 5.10 Å². The molecule has 0 amide bonds. The first-order valence-electron chi connectivity index (χ1n) is 9.43. The fraction of sp³-hybridized carbons (Fsp3) is 0.273. The number of ether oxygens (including phenoxy) is 1. The molecule has 1 aliphatic heterocycles. The minimum atomic E-state index is -0.367. The smallest absolute Gasteiger partial charge is 0.247 e. The largest absolute Gasteiger partial charge is 0.475 e. The van der Waals surface area contributed by atoms with Crippen LogP contribution in [0.4, 0.5) is 16.0 Å². The molecule has 6 nitrogen and oxygen atoms in total. The second-order valence-corrected chi connectivity index (χ2v) is 7.97. The van der Waals surface area contributed by atoms with E-state index in [4.69, 9.17) is 4.74 Å². The Morgan fingerprint density at radius 2 is 1.90 bits per heavy atom.